The van der Waals surface area contributed by atoms with E-state index in [1.54, 1.807) is 4.68 Å². The minimum atomic E-state index is 0.498. The van der Waals surface area contributed by atoms with Gasteiger partial charge in [0, 0.05) is 17.4 Å². The molecular weight excluding hydrogens is 318 g/mol. The largest absolute Gasteiger partial charge is 0.318 e. The van der Waals surface area contributed by atoms with Crippen molar-refractivity contribution in [1.29, 1.82) is 0 Å². The summed E-state index contributed by atoms with van der Waals surface area (Å²) in [4.78, 5) is 4.42. The summed E-state index contributed by atoms with van der Waals surface area (Å²) in [5.41, 5.74) is 5.08. The normalized spacial score (nSPS) is 11.0. The molecule has 0 bridgehead atoms. The lowest BCUT2D eigenvalue weighted by atomic mass is 10.1. The summed E-state index contributed by atoms with van der Waals surface area (Å²) in [6.45, 7) is 2.63. The van der Waals surface area contributed by atoms with Crippen LogP contribution in [0, 0.1) is 4.77 Å². The molecule has 2 aromatic heterocycles. The number of benzene rings is 1. The summed E-state index contributed by atoms with van der Waals surface area (Å²) < 4.78 is 2.35. The first-order valence-electron chi connectivity index (χ1n) is 7.13. The molecule has 1 aromatic carbocycles. The first kappa shape index (κ1) is 15.0. The Kier molecular flexibility index (Phi) is 4.40. The van der Waals surface area contributed by atoms with Crippen LogP contribution in [0.5, 0.6) is 0 Å². The lowest BCUT2D eigenvalue weighted by Gasteiger charge is -2.11. The zero-order valence-electron chi connectivity index (χ0n) is 12.1. The number of nitrogens with one attached hydrogen (secondary N) is 2. The van der Waals surface area contributed by atoms with Gasteiger partial charge in [-0.2, -0.15) is 5.10 Å². The van der Waals surface area contributed by atoms with E-state index in [9.17, 15) is 0 Å². The second-order valence-electron chi connectivity index (χ2n) is 5.00. The van der Waals surface area contributed by atoms with Gasteiger partial charge in [-0.3, -0.25) is 5.10 Å². The van der Waals surface area contributed by atoms with E-state index in [0.717, 1.165) is 35.1 Å². The molecule has 0 aliphatic rings. The van der Waals surface area contributed by atoms with E-state index < -0.39 is 0 Å². The number of aromatic amines is 1. The van der Waals surface area contributed by atoms with Crippen LogP contribution >= 0.6 is 23.8 Å². The molecule has 0 aliphatic carbocycles. The monoisotopic (exact) mass is 333 g/mol. The van der Waals surface area contributed by atoms with Gasteiger partial charge < -0.3 is 5.43 Å². The molecule has 3 aromatic rings. The zero-order chi connectivity index (χ0) is 15.5. The van der Waals surface area contributed by atoms with Crippen LogP contribution in [0.15, 0.2) is 30.3 Å². The zero-order valence-corrected chi connectivity index (χ0v) is 13.7. The number of hydrogen-bond donors (Lipinski definition) is 2. The maximum Gasteiger partial charge on any atom is 0.214 e. The molecule has 0 radical (unpaired) electrons. The van der Waals surface area contributed by atoms with E-state index in [4.69, 9.17) is 23.8 Å². The molecular formula is C15H16ClN5S. The fraction of sp³-hybridized carbons (Fsp3) is 0.267. The highest BCUT2D eigenvalue weighted by Crippen LogP contribution is 2.20. The predicted molar refractivity (Wildman–Crippen MR) is 91.2 cm³/mol. The maximum absolute atomic E-state index is 6.27. The van der Waals surface area contributed by atoms with Crippen molar-refractivity contribution in [3.63, 3.8) is 0 Å². The number of aromatic nitrogens is 4. The molecule has 0 saturated heterocycles. The Hall–Kier alpha value is -1.92. The first-order valence-corrected chi connectivity index (χ1v) is 7.92. The quantitative estimate of drug-likeness (QED) is 0.550. The third-order valence-corrected chi connectivity index (χ3v) is 3.99. The van der Waals surface area contributed by atoms with Crippen LogP contribution in [0.2, 0.25) is 5.15 Å². The van der Waals surface area contributed by atoms with Crippen molar-refractivity contribution in [2.45, 2.75) is 26.3 Å². The van der Waals surface area contributed by atoms with Crippen molar-refractivity contribution in [3.8, 4) is 0 Å². The number of aryl methyl sites for hydroxylation is 1. The second kappa shape index (κ2) is 6.46. The average molecular weight is 334 g/mol. The molecule has 22 heavy (non-hydrogen) atoms. The summed E-state index contributed by atoms with van der Waals surface area (Å²) in [5.74, 6) is 0.886. The molecule has 0 spiro atoms. The molecule has 3 rings (SSSR count). The van der Waals surface area contributed by atoms with Crippen LogP contribution in [0.1, 0.15) is 24.7 Å². The van der Waals surface area contributed by atoms with Crippen LogP contribution in [0.4, 0.5) is 0 Å². The highest BCUT2D eigenvalue weighted by atomic mass is 35.5. The van der Waals surface area contributed by atoms with Gasteiger partial charge in [0.25, 0.3) is 0 Å². The Labute approximate surface area is 138 Å². The topological polar surface area (TPSA) is 58.5 Å². The fourth-order valence-electron chi connectivity index (χ4n) is 2.31. The number of halogens is 1. The Morgan fingerprint density at radius 2 is 2.18 bits per heavy atom. The fourth-order valence-corrected chi connectivity index (χ4v) is 2.74. The number of fused-ring (bicyclic) bond motifs is 1. The van der Waals surface area contributed by atoms with Gasteiger partial charge in [-0.1, -0.05) is 36.7 Å². The summed E-state index contributed by atoms with van der Waals surface area (Å²) in [6, 6.07) is 9.95. The number of hydrogen-bond acceptors (Lipinski definition) is 4. The summed E-state index contributed by atoms with van der Waals surface area (Å²) in [5, 5.41) is 8.59. The van der Waals surface area contributed by atoms with Crippen molar-refractivity contribution in [1.82, 2.24) is 19.9 Å². The van der Waals surface area contributed by atoms with Gasteiger partial charge in [0.05, 0.1) is 12.1 Å². The third kappa shape index (κ3) is 2.98. The molecule has 5 nitrogen and oxygen atoms in total. The highest BCUT2D eigenvalue weighted by molar-refractivity contribution is 7.71. The number of rotatable bonds is 5. The maximum atomic E-state index is 6.27. The lowest BCUT2D eigenvalue weighted by molar-refractivity contribution is 0.731. The van der Waals surface area contributed by atoms with Gasteiger partial charge in [-0.05, 0) is 30.8 Å². The average Bonchev–Trinajstić information content (AvgIpc) is 2.86. The van der Waals surface area contributed by atoms with Gasteiger partial charge in [-0.25, -0.2) is 9.66 Å². The van der Waals surface area contributed by atoms with Crippen molar-refractivity contribution in [3.05, 3.63) is 51.6 Å². The highest BCUT2D eigenvalue weighted by Gasteiger charge is 2.08. The Morgan fingerprint density at radius 1 is 1.36 bits per heavy atom. The molecule has 7 heteroatoms. The van der Waals surface area contributed by atoms with Gasteiger partial charge in [0.15, 0.2) is 5.82 Å². The molecule has 0 amide bonds. The molecule has 2 heterocycles. The van der Waals surface area contributed by atoms with E-state index in [0.29, 0.717) is 16.5 Å². The minimum Gasteiger partial charge on any atom is -0.318 e. The molecule has 0 atom stereocenters. The SMILES string of the molecule is CCCc1n[nH]c(=S)n1NCc1cc2ccccc2nc1Cl. The summed E-state index contributed by atoms with van der Waals surface area (Å²) >= 11 is 11.5. The van der Waals surface area contributed by atoms with Gasteiger partial charge in [0.1, 0.15) is 5.15 Å². The van der Waals surface area contributed by atoms with Crippen LogP contribution < -0.4 is 5.43 Å². The van der Waals surface area contributed by atoms with Gasteiger partial charge in [-0.15, -0.1) is 0 Å². The van der Waals surface area contributed by atoms with Crippen LogP contribution in [-0.2, 0) is 13.0 Å². The Balaban J connectivity index is 1.86. The van der Waals surface area contributed by atoms with E-state index in [2.05, 4.69) is 27.5 Å². The lowest BCUT2D eigenvalue weighted by Crippen LogP contribution is -2.18. The number of para-hydroxylation sites is 1. The van der Waals surface area contributed by atoms with Crippen LogP contribution in [0.25, 0.3) is 10.9 Å². The smallest absolute Gasteiger partial charge is 0.214 e. The minimum absolute atomic E-state index is 0.498. The Bertz CT molecular complexity index is 855. The second-order valence-corrected chi connectivity index (χ2v) is 5.74. The van der Waals surface area contributed by atoms with E-state index in [1.165, 1.54) is 0 Å². The molecule has 0 unspecified atom stereocenters. The first-order chi connectivity index (χ1) is 10.7. The van der Waals surface area contributed by atoms with Crippen molar-refractivity contribution in [2.24, 2.45) is 0 Å². The van der Waals surface area contributed by atoms with E-state index >= 15 is 0 Å². The van der Waals surface area contributed by atoms with Crippen molar-refractivity contribution >= 4 is 34.7 Å². The van der Waals surface area contributed by atoms with E-state index in [-0.39, 0.29) is 0 Å². The molecule has 0 aliphatic heterocycles. The number of pyridine rings is 1. The standard InChI is InChI=1S/C15H16ClN5S/c1-2-5-13-19-20-15(22)21(13)17-9-11-8-10-6-3-4-7-12(10)18-14(11)16/h3-4,6-8,17H,2,5,9H2,1H3,(H,20,22). The van der Waals surface area contributed by atoms with Gasteiger partial charge >= 0.3 is 0 Å². The van der Waals surface area contributed by atoms with Crippen LogP contribution in [-0.4, -0.2) is 19.9 Å². The predicted octanol–water partition coefficient (Wildman–Crippen LogP) is 3.84. The molecule has 2 N–H and O–H groups in total. The van der Waals surface area contributed by atoms with Crippen LogP contribution in [0.3, 0.4) is 0 Å². The summed E-state index contributed by atoms with van der Waals surface area (Å²) in [7, 11) is 0. The van der Waals surface area contributed by atoms with Crippen molar-refractivity contribution in [2.75, 3.05) is 5.43 Å². The third-order valence-electron chi connectivity index (χ3n) is 3.39. The molecule has 0 saturated carbocycles. The molecule has 0 fully saturated rings. The number of nitrogens with zero attached hydrogens (tertiary/aromatic N) is 3. The van der Waals surface area contributed by atoms with Gasteiger partial charge in [0.2, 0.25) is 4.77 Å². The number of H-pyrrole nitrogens is 1. The van der Waals surface area contributed by atoms with E-state index in [1.807, 2.05) is 30.3 Å². The Morgan fingerprint density at radius 3 is 3.00 bits per heavy atom. The molecule has 114 valence electrons. The summed E-state index contributed by atoms with van der Waals surface area (Å²) in [6.07, 6.45) is 1.85. The van der Waals surface area contributed by atoms with Crippen molar-refractivity contribution < 1.29 is 0 Å².